The molecule has 0 saturated carbocycles. The lowest BCUT2D eigenvalue weighted by Crippen LogP contribution is -2.41. The van der Waals surface area contributed by atoms with E-state index >= 15 is 0 Å². The number of amides is 2. The summed E-state index contributed by atoms with van der Waals surface area (Å²) in [6.07, 6.45) is -5.38. The number of benzene rings is 2. The van der Waals surface area contributed by atoms with Crippen LogP contribution in [0.25, 0.3) is 10.9 Å². The lowest BCUT2D eigenvalue weighted by atomic mass is 10.0. The quantitative estimate of drug-likeness (QED) is 0.228. The van der Waals surface area contributed by atoms with Crippen molar-refractivity contribution in [2.45, 2.75) is 24.8 Å². The van der Waals surface area contributed by atoms with E-state index < -0.39 is 66.1 Å². The molecule has 0 saturated heterocycles. The Labute approximate surface area is 222 Å². The standard InChI is InChI=1S/C24H22F5N7O4/c25-14-2-11(1-13(5-14)24(27,28)29)17(6-21(38)39)34-20(37)10-30-22(40)12-3-18(16-9-33-36-19(16)4-12)35-23-31-7-15(26)8-32-23/h1-5,9,15,17H,6-8,10H2,(H,30,40)(H,33,36)(H,34,37)(H,38,39)(H2,31,32,35). The number of carbonyl (C=O) groups excluding carboxylic acids is 2. The van der Waals surface area contributed by atoms with Gasteiger partial charge >= 0.3 is 12.1 Å². The Balaban J connectivity index is 1.46. The number of aliphatic carboxylic acids is 1. The fourth-order valence-electron chi connectivity index (χ4n) is 3.93. The third-order valence-electron chi connectivity index (χ3n) is 5.79. The average molecular weight is 567 g/mol. The van der Waals surface area contributed by atoms with Crippen LogP contribution < -0.4 is 21.3 Å². The summed E-state index contributed by atoms with van der Waals surface area (Å²) >= 11 is 0. The number of rotatable bonds is 8. The number of nitrogens with zero attached hydrogens (tertiary/aromatic N) is 2. The summed E-state index contributed by atoms with van der Waals surface area (Å²) in [6.45, 7) is -0.673. The smallest absolute Gasteiger partial charge is 0.416 e. The molecule has 0 spiro atoms. The fraction of sp³-hybridized carbons (Fsp3) is 0.292. The van der Waals surface area contributed by atoms with Crippen molar-refractivity contribution in [1.29, 1.82) is 0 Å². The second-order valence-electron chi connectivity index (χ2n) is 8.82. The number of guanidine groups is 1. The first kappa shape index (κ1) is 28.3. The minimum absolute atomic E-state index is 0.0465. The molecule has 2 heterocycles. The molecule has 212 valence electrons. The fourth-order valence-corrected chi connectivity index (χ4v) is 3.93. The van der Waals surface area contributed by atoms with Gasteiger partial charge in [-0.1, -0.05) is 0 Å². The van der Waals surface area contributed by atoms with Gasteiger partial charge in [0.2, 0.25) is 5.91 Å². The molecule has 0 fully saturated rings. The predicted octanol–water partition coefficient (Wildman–Crippen LogP) is 2.49. The monoisotopic (exact) mass is 567 g/mol. The highest BCUT2D eigenvalue weighted by Crippen LogP contribution is 2.32. The molecule has 2 aromatic carbocycles. The van der Waals surface area contributed by atoms with E-state index in [0.717, 1.165) is 0 Å². The molecular formula is C24H22F5N7O4. The molecule has 2 unspecified atom stereocenters. The van der Waals surface area contributed by atoms with E-state index in [1.807, 2.05) is 0 Å². The Morgan fingerprint density at radius 2 is 1.93 bits per heavy atom. The van der Waals surface area contributed by atoms with Crippen molar-refractivity contribution in [1.82, 2.24) is 26.1 Å². The van der Waals surface area contributed by atoms with E-state index in [1.165, 1.54) is 18.3 Å². The Morgan fingerprint density at radius 3 is 2.60 bits per heavy atom. The highest BCUT2D eigenvalue weighted by Gasteiger charge is 2.32. The van der Waals surface area contributed by atoms with Gasteiger partial charge in [-0.2, -0.15) is 18.3 Å². The van der Waals surface area contributed by atoms with Crippen molar-refractivity contribution < 1.29 is 41.4 Å². The van der Waals surface area contributed by atoms with Crippen molar-refractivity contribution in [3.8, 4) is 0 Å². The van der Waals surface area contributed by atoms with Gasteiger partial charge in [0.25, 0.3) is 5.91 Å². The molecular weight excluding hydrogens is 545 g/mol. The number of hydrogen-bond acceptors (Lipinski definition) is 7. The molecule has 0 bridgehead atoms. The molecule has 1 aliphatic heterocycles. The summed E-state index contributed by atoms with van der Waals surface area (Å²) in [6, 6.07) is 2.86. The third kappa shape index (κ3) is 7.00. The van der Waals surface area contributed by atoms with Gasteiger partial charge < -0.3 is 26.4 Å². The molecule has 0 radical (unpaired) electrons. The number of aromatic nitrogens is 2. The maximum atomic E-state index is 13.9. The van der Waals surface area contributed by atoms with Crippen LogP contribution >= 0.6 is 0 Å². The average Bonchev–Trinajstić information content (AvgIpc) is 3.36. The molecule has 1 aromatic heterocycles. The van der Waals surface area contributed by atoms with Crippen molar-refractivity contribution in [2.75, 3.05) is 25.0 Å². The summed E-state index contributed by atoms with van der Waals surface area (Å²) in [4.78, 5) is 40.6. The summed E-state index contributed by atoms with van der Waals surface area (Å²) < 4.78 is 66.5. The molecule has 4 rings (SSSR count). The molecule has 2 atom stereocenters. The second kappa shape index (κ2) is 11.5. The number of alkyl halides is 4. The Morgan fingerprint density at radius 1 is 1.15 bits per heavy atom. The molecule has 0 aliphatic carbocycles. The number of aromatic amines is 1. The molecule has 2 amide bonds. The van der Waals surface area contributed by atoms with Crippen molar-refractivity contribution in [2.24, 2.45) is 4.99 Å². The van der Waals surface area contributed by atoms with E-state index in [9.17, 15) is 36.3 Å². The van der Waals surface area contributed by atoms with Gasteiger partial charge in [0.1, 0.15) is 12.0 Å². The van der Waals surface area contributed by atoms with Crippen LogP contribution in [0.3, 0.4) is 0 Å². The van der Waals surface area contributed by atoms with Gasteiger partial charge in [-0.05, 0) is 35.9 Å². The number of carboxylic acid groups (broad SMARTS) is 1. The van der Waals surface area contributed by atoms with Crippen LogP contribution in [0.4, 0.5) is 27.6 Å². The minimum atomic E-state index is -4.90. The maximum Gasteiger partial charge on any atom is 0.416 e. The highest BCUT2D eigenvalue weighted by molar-refractivity contribution is 6.07. The van der Waals surface area contributed by atoms with Crippen LogP contribution in [0, 0.1) is 5.82 Å². The zero-order valence-electron chi connectivity index (χ0n) is 20.4. The van der Waals surface area contributed by atoms with Crippen LogP contribution in [0.5, 0.6) is 0 Å². The second-order valence-corrected chi connectivity index (χ2v) is 8.82. The normalized spacial score (nSPS) is 16.0. The Hall–Kier alpha value is -4.76. The molecule has 1 aliphatic rings. The van der Waals surface area contributed by atoms with Gasteiger partial charge in [0.15, 0.2) is 5.96 Å². The van der Waals surface area contributed by atoms with E-state index in [2.05, 4.69) is 36.5 Å². The largest absolute Gasteiger partial charge is 0.481 e. The van der Waals surface area contributed by atoms with Crippen LogP contribution in [-0.2, 0) is 15.8 Å². The minimum Gasteiger partial charge on any atom is -0.481 e. The Bertz CT molecular complexity index is 1470. The van der Waals surface area contributed by atoms with Gasteiger partial charge in [0, 0.05) is 10.9 Å². The van der Waals surface area contributed by atoms with Gasteiger partial charge in [0.05, 0.1) is 55.1 Å². The van der Waals surface area contributed by atoms with Gasteiger partial charge in [-0.3, -0.25) is 19.5 Å². The lowest BCUT2D eigenvalue weighted by Gasteiger charge is -2.20. The molecule has 11 nitrogen and oxygen atoms in total. The summed E-state index contributed by atoms with van der Waals surface area (Å²) in [5.74, 6) is -4.10. The summed E-state index contributed by atoms with van der Waals surface area (Å²) in [5, 5.41) is 26.7. The predicted molar refractivity (Wildman–Crippen MR) is 132 cm³/mol. The molecule has 16 heteroatoms. The van der Waals surface area contributed by atoms with E-state index in [4.69, 9.17) is 5.11 Å². The number of nitrogens with one attached hydrogen (secondary N) is 5. The molecule has 40 heavy (non-hydrogen) atoms. The number of H-pyrrole nitrogens is 1. The zero-order chi connectivity index (χ0) is 29.0. The zero-order valence-corrected chi connectivity index (χ0v) is 20.4. The highest BCUT2D eigenvalue weighted by atomic mass is 19.4. The number of hydrogen-bond donors (Lipinski definition) is 6. The van der Waals surface area contributed by atoms with E-state index in [1.54, 1.807) is 0 Å². The molecule has 6 N–H and O–H groups in total. The first-order chi connectivity index (χ1) is 18.9. The summed E-state index contributed by atoms with van der Waals surface area (Å²) in [7, 11) is 0. The topological polar surface area (TPSA) is 161 Å². The van der Waals surface area contributed by atoms with Crippen LogP contribution in [0.1, 0.15) is 33.9 Å². The lowest BCUT2D eigenvalue weighted by molar-refractivity contribution is -0.138. The van der Waals surface area contributed by atoms with Gasteiger partial charge in [-0.25, -0.2) is 13.8 Å². The van der Waals surface area contributed by atoms with E-state index in [-0.39, 0.29) is 30.7 Å². The number of carboxylic acids is 1. The van der Waals surface area contributed by atoms with E-state index in [0.29, 0.717) is 28.7 Å². The number of aliphatic imine (C=N–C) groups is 1. The third-order valence-corrected chi connectivity index (χ3v) is 5.79. The SMILES string of the molecule is O=C(O)CC(NC(=O)CNC(=O)c1cc(NC2=NCC(F)CN2)c2cn[nH]c2c1)c1cc(F)cc(C(F)(F)F)c1. The number of carbonyl (C=O) groups is 3. The van der Waals surface area contributed by atoms with Crippen LogP contribution in [0.2, 0.25) is 0 Å². The van der Waals surface area contributed by atoms with Crippen LogP contribution in [0.15, 0.2) is 41.5 Å². The van der Waals surface area contributed by atoms with Crippen LogP contribution in [-0.4, -0.2) is 64.9 Å². The summed E-state index contributed by atoms with van der Waals surface area (Å²) in [5.41, 5.74) is -0.829. The first-order valence-electron chi connectivity index (χ1n) is 11.7. The Kier molecular flexibility index (Phi) is 8.16. The van der Waals surface area contributed by atoms with Crippen molar-refractivity contribution in [3.05, 3.63) is 59.0 Å². The number of halogens is 5. The number of fused-ring (bicyclic) bond motifs is 1. The maximum absolute atomic E-state index is 13.9. The van der Waals surface area contributed by atoms with Gasteiger partial charge in [-0.15, -0.1) is 0 Å². The first-order valence-corrected chi connectivity index (χ1v) is 11.7. The van der Waals surface area contributed by atoms with Crippen molar-refractivity contribution in [3.63, 3.8) is 0 Å². The number of anilines is 1. The van der Waals surface area contributed by atoms with Crippen molar-refractivity contribution >= 4 is 40.3 Å². The molecule has 3 aromatic rings.